The molecule has 2 saturated heterocycles. The molecule has 0 unspecified atom stereocenters. The second-order valence-corrected chi connectivity index (χ2v) is 10.3. The fourth-order valence-electron chi connectivity index (χ4n) is 6.00. The first-order valence-electron chi connectivity index (χ1n) is 12.9. The van der Waals surface area contributed by atoms with E-state index in [9.17, 15) is 14.0 Å². The third-order valence-corrected chi connectivity index (χ3v) is 7.92. The van der Waals surface area contributed by atoms with Crippen LogP contribution in [-0.4, -0.2) is 57.5 Å². The van der Waals surface area contributed by atoms with Gasteiger partial charge in [0, 0.05) is 55.2 Å². The molecule has 0 spiro atoms. The van der Waals surface area contributed by atoms with Crippen LogP contribution in [0.3, 0.4) is 0 Å². The van der Waals surface area contributed by atoms with Crippen molar-refractivity contribution < 1.29 is 13.6 Å². The maximum absolute atomic E-state index is 13.5. The Morgan fingerprint density at radius 2 is 1.92 bits per heavy atom. The summed E-state index contributed by atoms with van der Waals surface area (Å²) in [7, 11) is 0. The third kappa shape index (κ3) is 4.23. The number of aromatic nitrogens is 2. The first-order valence-corrected chi connectivity index (χ1v) is 12.9. The molecule has 8 heteroatoms. The standard InChI is InChI=1S/C28H31FN4O3/c1-18-4-5-19-16-24(30-23(19)15-18)27(34)32-11-2-3-21(32)8-12-31-13-9-22(10-14-31)33-25-7-6-20(29)17-26(25)36-28(33)35/h4-7,15-17,21-22,30H,2-3,8-14H2,1H3/t21-/m0/s1. The van der Waals surface area contributed by atoms with Gasteiger partial charge in [-0.15, -0.1) is 0 Å². The SMILES string of the molecule is Cc1ccc2cc(C(=O)N3CCC[C@H]3CCN3CCC(n4c(=O)oc5cc(F)ccc54)CC3)[nH]c2c1. The number of nitrogens with zero attached hydrogens (tertiary/aromatic N) is 3. The quantitative estimate of drug-likeness (QED) is 0.434. The van der Waals surface area contributed by atoms with Crippen molar-refractivity contribution in [3.63, 3.8) is 0 Å². The minimum Gasteiger partial charge on any atom is -0.408 e. The number of hydrogen-bond acceptors (Lipinski definition) is 4. The van der Waals surface area contributed by atoms with E-state index in [4.69, 9.17) is 4.42 Å². The van der Waals surface area contributed by atoms with Crippen molar-refractivity contribution in [3.8, 4) is 0 Å². The monoisotopic (exact) mass is 490 g/mol. The maximum Gasteiger partial charge on any atom is 0.420 e. The van der Waals surface area contributed by atoms with Gasteiger partial charge < -0.3 is 19.2 Å². The molecule has 0 bridgehead atoms. The number of rotatable bonds is 5. The summed E-state index contributed by atoms with van der Waals surface area (Å²) in [6, 6.07) is 12.7. The Labute approximate surface area is 208 Å². The lowest BCUT2D eigenvalue weighted by atomic mass is 10.0. The highest BCUT2D eigenvalue weighted by molar-refractivity contribution is 5.98. The number of aromatic amines is 1. The van der Waals surface area contributed by atoms with Gasteiger partial charge in [0.2, 0.25) is 0 Å². The number of amides is 1. The molecule has 2 fully saturated rings. The van der Waals surface area contributed by atoms with E-state index in [2.05, 4.69) is 35.0 Å². The number of fused-ring (bicyclic) bond motifs is 2. The van der Waals surface area contributed by atoms with Crippen molar-refractivity contribution in [1.82, 2.24) is 19.4 Å². The Hall–Kier alpha value is -3.39. The molecule has 1 atom stereocenters. The van der Waals surface area contributed by atoms with E-state index in [1.807, 2.05) is 11.0 Å². The number of likely N-dealkylation sites (tertiary alicyclic amines) is 2. The molecule has 188 valence electrons. The lowest BCUT2D eigenvalue weighted by molar-refractivity contribution is 0.0710. The van der Waals surface area contributed by atoms with Crippen LogP contribution in [0.1, 0.15) is 54.2 Å². The number of oxazole rings is 1. The number of piperidine rings is 1. The Morgan fingerprint density at radius 1 is 1.08 bits per heavy atom. The van der Waals surface area contributed by atoms with Crippen LogP contribution in [0.15, 0.2) is 51.7 Å². The molecule has 4 aromatic rings. The highest BCUT2D eigenvalue weighted by Gasteiger charge is 2.31. The number of benzene rings is 2. The highest BCUT2D eigenvalue weighted by atomic mass is 19.1. The molecule has 1 amide bonds. The minimum atomic E-state index is -0.415. The number of carbonyl (C=O) groups is 1. The van der Waals surface area contributed by atoms with E-state index in [-0.39, 0.29) is 18.0 Å². The van der Waals surface area contributed by atoms with Crippen molar-refractivity contribution in [2.45, 2.75) is 51.1 Å². The molecule has 7 nitrogen and oxygen atoms in total. The van der Waals surface area contributed by atoms with Gasteiger partial charge in [-0.1, -0.05) is 12.1 Å². The van der Waals surface area contributed by atoms with Gasteiger partial charge >= 0.3 is 5.76 Å². The summed E-state index contributed by atoms with van der Waals surface area (Å²) in [6.45, 7) is 5.55. The first-order chi connectivity index (χ1) is 17.5. The topological polar surface area (TPSA) is 74.5 Å². The molecular formula is C28H31FN4O3. The second-order valence-electron chi connectivity index (χ2n) is 10.3. The number of halogens is 1. The van der Waals surface area contributed by atoms with Crippen molar-refractivity contribution in [2.24, 2.45) is 0 Å². The largest absolute Gasteiger partial charge is 0.420 e. The van der Waals surface area contributed by atoms with Gasteiger partial charge in [-0.05, 0) is 68.9 Å². The number of H-pyrrole nitrogens is 1. The predicted molar refractivity (Wildman–Crippen MR) is 137 cm³/mol. The maximum atomic E-state index is 13.5. The predicted octanol–water partition coefficient (Wildman–Crippen LogP) is 4.86. The Morgan fingerprint density at radius 3 is 2.75 bits per heavy atom. The molecule has 2 aromatic carbocycles. The summed E-state index contributed by atoms with van der Waals surface area (Å²) in [5, 5.41) is 1.07. The Balaban J connectivity index is 1.07. The lowest BCUT2D eigenvalue weighted by Crippen LogP contribution is -2.41. The van der Waals surface area contributed by atoms with Gasteiger partial charge in [0.15, 0.2) is 5.58 Å². The molecular weight excluding hydrogens is 459 g/mol. The number of hydrogen-bond donors (Lipinski definition) is 1. The lowest BCUT2D eigenvalue weighted by Gasteiger charge is -2.33. The van der Waals surface area contributed by atoms with E-state index in [0.717, 1.165) is 69.2 Å². The molecule has 0 saturated carbocycles. The summed E-state index contributed by atoms with van der Waals surface area (Å²) in [4.78, 5) is 33.5. The van der Waals surface area contributed by atoms with Gasteiger partial charge in [-0.3, -0.25) is 9.36 Å². The summed E-state index contributed by atoms with van der Waals surface area (Å²) < 4.78 is 20.5. The first kappa shape index (κ1) is 23.0. The fraction of sp³-hybridized carbons (Fsp3) is 0.429. The average Bonchev–Trinajstić information content (AvgIpc) is 3.58. The number of aryl methyl sites for hydroxylation is 1. The fourth-order valence-corrected chi connectivity index (χ4v) is 6.00. The summed E-state index contributed by atoms with van der Waals surface area (Å²) in [6.07, 6.45) is 4.70. The smallest absolute Gasteiger partial charge is 0.408 e. The third-order valence-electron chi connectivity index (χ3n) is 7.92. The second kappa shape index (κ2) is 9.24. The molecule has 6 rings (SSSR count). The van der Waals surface area contributed by atoms with Crippen molar-refractivity contribution in [2.75, 3.05) is 26.2 Å². The van der Waals surface area contributed by atoms with Gasteiger partial charge in [-0.25, -0.2) is 9.18 Å². The zero-order valence-corrected chi connectivity index (χ0v) is 20.5. The van der Waals surface area contributed by atoms with Gasteiger partial charge in [0.05, 0.1) is 5.52 Å². The van der Waals surface area contributed by atoms with E-state index in [1.165, 1.54) is 17.7 Å². The van der Waals surface area contributed by atoms with Crippen LogP contribution in [-0.2, 0) is 0 Å². The normalized spacial score (nSPS) is 19.6. The van der Waals surface area contributed by atoms with Crippen LogP contribution in [0.5, 0.6) is 0 Å². The Bertz CT molecular complexity index is 1480. The molecule has 2 aromatic heterocycles. The van der Waals surface area contributed by atoms with Crippen LogP contribution < -0.4 is 5.76 Å². The number of nitrogens with one attached hydrogen (secondary N) is 1. The molecule has 4 heterocycles. The van der Waals surface area contributed by atoms with Gasteiger partial charge in [0.25, 0.3) is 5.91 Å². The van der Waals surface area contributed by atoms with Crippen molar-refractivity contribution in [3.05, 3.63) is 70.1 Å². The number of carbonyl (C=O) groups excluding carboxylic acids is 1. The summed E-state index contributed by atoms with van der Waals surface area (Å²) >= 11 is 0. The molecule has 36 heavy (non-hydrogen) atoms. The average molecular weight is 491 g/mol. The molecule has 0 radical (unpaired) electrons. The van der Waals surface area contributed by atoms with E-state index >= 15 is 0 Å². The zero-order chi connectivity index (χ0) is 24.8. The van der Waals surface area contributed by atoms with Gasteiger partial charge in [0.1, 0.15) is 11.5 Å². The van der Waals surface area contributed by atoms with Crippen LogP contribution in [0.2, 0.25) is 0 Å². The van der Waals surface area contributed by atoms with Crippen LogP contribution in [0.4, 0.5) is 4.39 Å². The zero-order valence-electron chi connectivity index (χ0n) is 20.5. The molecule has 0 aliphatic carbocycles. The van der Waals surface area contributed by atoms with E-state index in [0.29, 0.717) is 16.8 Å². The molecule has 1 N–H and O–H groups in total. The van der Waals surface area contributed by atoms with Crippen LogP contribution in [0, 0.1) is 12.7 Å². The Kier molecular flexibility index (Phi) is 5.91. The van der Waals surface area contributed by atoms with Gasteiger partial charge in [-0.2, -0.15) is 0 Å². The van der Waals surface area contributed by atoms with Crippen LogP contribution >= 0.6 is 0 Å². The van der Waals surface area contributed by atoms with Crippen molar-refractivity contribution >= 4 is 27.9 Å². The van der Waals surface area contributed by atoms with E-state index < -0.39 is 11.6 Å². The minimum absolute atomic E-state index is 0.0515. The summed E-state index contributed by atoms with van der Waals surface area (Å²) in [5.41, 5.74) is 3.81. The summed E-state index contributed by atoms with van der Waals surface area (Å²) in [5.74, 6) is -0.730. The van der Waals surface area contributed by atoms with Crippen LogP contribution in [0.25, 0.3) is 22.0 Å². The molecule has 2 aliphatic rings. The van der Waals surface area contributed by atoms with Crippen molar-refractivity contribution in [1.29, 1.82) is 0 Å². The molecule has 2 aliphatic heterocycles. The van der Waals surface area contributed by atoms with E-state index in [1.54, 1.807) is 10.6 Å². The highest BCUT2D eigenvalue weighted by Crippen LogP contribution is 2.28.